The molecule has 1 aliphatic heterocycles. The molecule has 2 N–H and O–H groups in total. The first kappa shape index (κ1) is 10.6. The summed E-state index contributed by atoms with van der Waals surface area (Å²) in [5.74, 6) is 1.91. The second-order valence-electron chi connectivity index (χ2n) is 4.51. The molecule has 0 amide bonds. The molecule has 0 bridgehead atoms. The van der Waals surface area contributed by atoms with E-state index in [0.717, 1.165) is 35.6 Å². The van der Waals surface area contributed by atoms with Crippen molar-refractivity contribution < 1.29 is 4.74 Å². The van der Waals surface area contributed by atoms with Crippen molar-refractivity contribution in [3.05, 3.63) is 24.0 Å². The fraction of sp³-hybridized carbons (Fsp3) is 0.462. The van der Waals surface area contributed by atoms with Gasteiger partial charge in [0.25, 0.3) is 0 Å². The van der Waals surface area contributed by atoms with Gasteiger partial charge in [-0.3, -0.25) is 0 Å². The lowest BCUT2D eigenvalue weighted by Crippen LogP contribution is -2.27. The van der Waals surface area contributed by atoms with E-state index in [1.807, 2.05) is 18.2 Å². The molecule has 2 aromatic rings. The van der Waals surface area contributed by atoms with Crippen molar-refractivity contribution in [2.75, 3.05) is 13.7 Å². The number of H-pyrrole nitrogens is 1. The molecule has 1 atom stereocenters. The van der Waals surface area contributed by atoms with Gasteiger partial charge >= 0.3 is 0 Å². The average molecular weight is 231 g/mol. The largest absolute Gasteiger partial charge is 0.497 e. The second kappa shape index (κ2) is 4.37. The Hall–Kier alpha value is -1.55. The van der Waals surface area contributed by atoms with E-state index in [4.69, 9.17) is 4.74 Å². The molecular formula is C13H17N3O. The number of nitrogens with one attached hydrogen (secondary N) is 2. The summed E-state index contributed by atoms with van der Waals surface area (Å²) in [7, 11) is 1.68. The minimum Gasteiger partial charge on any atom is -0.497 e. The highest BCUT2D eigenvalue weighted by Gasteiger charge is 2.18. The molecule has 0 radical (unpaired) electrons. The minimum absolute atomic E-state index is 0.377. The van der Waals surface area contributed by atoms with E-state index in [0.29, 0.717) is 6.04 Å². The molecule has 3 rings (SSSR count). The first-order valence-corrected chi connectivity index (χ1v) is 6.14. The number of nitrogens with zero attached hydrogens (tertiary/aromatic N) is 1. The number of rotatable bonds is 2. The van der Waals surface area contributed by atoms with E-state index >= 15 is 0 Å². The number of hydrogen-bond acceptors (Lipinski definition) is 3. The van der Waals surface area contributed by atoms with Crippen LogP contribution in [0.5, 0.6) is 5.75 Å². The van der Waals surface area contributed by atoms with Crippen molar-refractivity contribution >= 4 is 11.0 Å². The van der Waals surface area contributed by atoms with Gasteiger partial charge in [-0.25, -0.2) is 4.98 Å². The van der Waals surface area contributed by atoms with Crippen molar-refractivity contribution in [2.45, 2.75) is 25.3 Å². The molecule has 1 aromatic carbocycles. The molecule has 0 aliphatic carbocycles. The molecule has 0 spiro atoms. The quantitative estimate of drug-likeness (QED) is 0.834. The third kappa shape index (κ3) is 2.00. The number of ether oxygens (including phenoxy) is 1. The Morgan fingerprint density at radius 1 is 1.35 bits per heavy atom. The van der Waals surface area contributed by atoms with Crippen LogP contribution in [0.15, 0.2) is 18.2 Å². The molecule has 1 saturated heterocycles. The average Bonchev–Trinajstić information content (AvgIpc) is 2.82. The van der Waals surface area contributed by atoms with Crippen LogP contribution in [-0.4, -0.2) is 23.6 Å². The van der Waals surface area contributed by atoms with Crippen molar-refractivity contribution in [1.29, 1.82) is 0 Å². The number of aromatic nitrogens is 2. The summed E-state index contributed by atoms with van der Waals surface area (Å²) in [6, 6.07) is 6.31. The van der Waals surface area contributed by atoms with Crippen LogP contribution >= 0.6 is 0 Å². The number of fused-ring (bicyclic) bond motifs is 1. The van der Waals surface area contributed by atoms with Crippen molar-refractivity contribution in [2.24, 2.45) is 0 Å². The van der Waals surface area contributed by atoms with Crippen LogP contribution in [0.1, 0.15) is 31.1 Å². The standard InChI is InChI=1S/C13H17N3O/c1-17-9-5-6-10-12(8-9)16-13(15-10)11-4-2-3-7-14-11/h5-6,8,11,14H,2-4,7H2,1H3,(H,15,16)/t11-/m0/s1. The molecule has 90 valence electrons. The SMILES string of the molecule is COc1ccc2nc([C@@H]3CCCCN3)[nH]c2c1. The maximum Gasteiger partial charge on any atom is 0.124 e. The van der Waals surface area contributed by atoms with Crippen molar-refractivity contribution in [1.82, 2.24) is 15.3 Å². The van der Waals surface area contributed by atoms with Gasteiger partial charge in [-0.1, -0.05) is 6.42 Å². The van der Waals surface area contributed by atoms with E-state index in [-0.39, 0.29) is 0 Å². The van der Waals surface area contributed by atoms with E-state index in [2.05, 4.69) is 15.3 Å². The number of piperidine rings is 1. The lowest BCUT2D eigenvalue weighted by Gasteiger charge is -2.21. The molecule has 0 saturated carbocycles. The van der Waals surface area contributed by atoms with Crippen LogP contribution in [0.2, 0.25) is 0 Å². The Labute approximate surface area is 100 Å². The van der Waals surface area contributed by atoms with Gasteiger partial charge in [0.1, 0.15) is 11.6 Å². The van der Waals surface area contributed by atoms with Crippen LogP contribution in [0.25, 0.3) is 11.0 Å². The van der Waals surface area contributed by atoms with Gasteiger partial charge in [0.2, 0.25) is 0 Å². The van der Waals surface area contributed by atoms with E-state index < -0.39 is 0 Å². The van der Waals surface area contributed by atoms with Crippen LogP contribution in [0.4, 0.5) is 0 Å². The van der Waals surface area contributed by atoms with E-state index in [9.17, 15) is 0 Å². The molecule has 4 heteroatoms. The Bertz CT molecular complexity index is 514. The first-order chi connectivity index (χ1) is 8.36. The normalized spacial score (nSPS) is 20.6. The molecule has 17 heavy (non-hydrogen) atoms. The minimum atomic E-state index is 0.377. The Kier molecular flexibility index (Phi) is 2.73. The molecular weight excluding hydrogens is 214 g/mol. The number of methoxy groups -OCH3 is 1. The number of hydrogen-bond donors (Lipinski definition) is 2. The zero-order valence-corrected chi connectivity index (χ0v) is 9.99. The molecule has 1 fully saturated rings. The summed E-state index contributed by atoms with van der Waals surface area (Å²) in [6.45, 7) is 1.09. The smallest absolute Gasteiger partial charge is 0.124 e. The van der Waals surface area contributed by atoms with E-state index in [1.54, 1.807) is 7.11 Å². The predicted octanol–water partition coefficient (Wildman–Crippen LogP) is 2.39. The highest BCUT2D eigenvalue weighted by atomic mass is 16.5. The summed E-state index contributed by atoms with van der Waals surface area (Å²) in [5, 5.41) is 3.50. The number of aromatic amines is 1. The van der Waals surface area contributed by atoms with Gasteiger partial charge in [-0.15, -0.1) is 0 Å². The zero-order valence-electron chi connectivity index (χ0n) is 9.99. The lowest BCUT2D eigenvalue weighted by atomic mass is 10.0. The Balaban J connectivity index is 1.95. The first-order valence-electron chi connectivity index (χ1n) is 6.14. The van der Waals surface area contributed by atoms with Crippen LogP contribution < -0.4 is 10.1 Å². The van der Waals surface area contributed by atoms with Gasteiger partial charge in [-0.05, 0) is 31.5 Å². The lowest BCUT2D eigenvalue weighted by molar-refractivity contribution is 0.400. The molecule has 1 aliphatic rings. The highest BCUT2D eigenvalue weighted by molar-refractivity contribution is 5.76. The summed E-state index contributed by atoms with van der Waals surface area (Å²) < 4.78 is 5.21. The van der Waals surface area contributed by atoms with Crippen molar-refractivity contribution in [3.63, 3.8) is 0 Å². The van der Waals surface area contributed by atoms with Gasteiger partial charge in [0, 0.05) is 6.07 Å². The third-order valence-corrected chi connectivity index (χ3v) is 3.35. The van der Waals surface area contributed by atoms with Crippen LogP contribution in [0.3, 0.4) is 0 Å². The zero-order chi connectivity index (χ0) is 11.7. The predicted molar refractivity (Wildman–Crippen MR) is 67.2 cm³/mol. The van der Waals surface area contributed by atoms with Crippen LogP contribution in [-0.2, 0) is 0 Å². The molecule has 0 unspecified atom stereocenters. The fourth-order valence-electron chi connectivity index (χ4n) is 2.39. The summed E-state index contributed by atoms with van der Waals surface area (Å²) in [5.41, 5.74) is 2.06. The van der Waals surface area contributed by atoms with E-state index in [1.165, 1.54) is 12.8 Å². The Morgan fingerprint density at radius 3 is 3.06 bits per heavy atom. The van der Waals surface area contributed by atoms with Crippen LogP contribution in [0, 0.1) is 0 Å². The molecule has 2 heterocycles. The topological polar surface area (TPSA) is 49.9 Å². The monoisotopic (exact) mass is 231 g/mol. The maximum atomic E-state index is 5.21. The molecule has 4 nitrogen and oxygen atoms in total. The maximum absolute atomic E-state index is 5.21. The second-order valence-corrected chi connectivity index (χ2v) is 4.51. The van der Waals surface area contributed by atoms with Gasteiger partial charge < -0.3 is 15.0 Å². The highest BCUT2D eigenvalue weighted by Crippen LogP contribution is 2.24. The number of benzene rings is 1. The van der Waals surface area contributed by atoms with Gasteiger partial charge in [0.05, 0.1) is 24.2 Å². The summed E-state index contributed by atoms with van der Waals surface area (Å²) in [6.07, 6.45) is 3.71. The summed E-state index contributed by atoms with van der Waals surface area (Å²) in [4.78, 5) is 8.02. The Morgan fingerprint density at radius 2 is 2.29 bits per heavy atom. The van der Waals surface area contributed by atoms with Gasteiger partial charge in [0.15, 0.2) is 0 Å². The molecule has 1 aromatic heterocycles. The van der Waals surface area contributed by atoms with Crippen molar-refractivity contribution in [3.8, 4) is 5.75 Å². The fourth-order valence-corrected chi connectivity index (χ4v) is 2.39. The third-order valence-electron chi connectivity index (χ3n) is 3.35. The summed E-state index contributed by atoms with van der Waals surface area (Å²) >= 11 is 0. The number of imidazole rings is 1. The van der Waals surface area contributed by atoms with Gasteiger partial charge in [-0.2, -0.15) is 0 Å².